The van der Waals surface area contributed by atoms with E-state index in [-0.39, 0.29) is 0 Å². The van der Waals surface area contributed by atoms with Gasteiger partial charge in [0.15, 0.2) is 0 Å². The van der Waals surface area contributed by atoms with E-state index in [9.17, 15) is 0 Å². The van der Waals surface area contributed by atoms with Gasteiger partial charge in [-0.2, -0.15) is 11.8 Å². The highest BCUT2D eigenvalue weighted by atomic mass is 32.2. The Morgan fingerprint density at radius 3 is 3.12 bits per heavy atom. The molecule has 3 nitrogen and oxygen atoms in total. The fourth-order valence-electron chi connectivity index (χ4n) is 1.79. The van der Waals surface area contributed by atoms with Crippen LogP contribution >= 0.6 is 11.8 Å². The van der Waals surface area contributed by atoms with Crippen molar-refractivity contribution >= 4 is 11.8 Å². The summed E-state index contributed by atoms with van der Waals surface area (Å²) in [4.78, 5) is 4.23. The summed E-state index contributed by atoms with van der Waals surface area (Å²) >= 11 is 1.93. The van der Waals surface area contributed by atoms with Gasteiger partial charge in [-0.05, 0) is 32.1 Å². The largest absolute Gasteiger partial charge is 0.330 e. The van der Waals surface area contributed by atoms with Crippen LogP contribution in [0.5, 0.6) is 0 Å². The zero-order valence-electron chi connectivity index (χ0n) is 10.1. The standard InChI is InChI=1S/C12H21N3S/c1-10(16-2)5-6-13-7-12-8-14-9-15(12)11-3-4-11/h8-11,13H,3-7H2,1-2H3. The molecule has 0 saturated heterocycles. The molecule has 16 heavy (non-hydrogen) atoms. The van der Waals surface area contributed by atoms with Crippen LogP contribution in [0, 0.1) is 0 Å². The topological polar surface area (TPSA) is 29.9 Å². The fraction of sp³-hybridized carbons (Fsp3) is 0.750. The molecular weight excluding hydrogens is 218 g/mol. The normalized spacial score (nSPS) is 17.6. The quantitative estimate of drug-likeness (QED) is 0.741. The molecular formula is C12H21N3S. The number of thioether (sulfide) groups is 1. The maximum absolute atomic E-state index is 4.23. The molecule has 1 aromatic rings. The van der Waals surface area contributed by atoms with Gasteiger partial charge in [0.2, 0.25) is 0 Å². The molecule has 1 aromatic heterocycles. The molecule has 0 radical (unpaired) electrons. The molecule has 0 aromatic carbocycles. The first-order valence-corrected chi connectivity index (χ1v) is 7.34. The lowest BCUT2D eigenvalue weighted by atomic mass is 10.3. The maximum atomic E-state index is 4.23. The first-order valence-electron chi connectivity index (χ1n) is 6.05. The van der Waals surface area contributed by atoms with E-state index in [1.165, 1.54) is 25.0 Å². The first-order chi connectivity index (χ1) is 7.81. The summed E-state index contributed by atoms with van der Waals surface area (Å²) in [5, 5.41) is 4.25. The average Bonchev–Trinajstić information content (AvgIpc) is 3.04. The Labute approximate surface area is 102 Å². The van der Waals surface area contributed by atoms with Gasteiger partial charge in [0, 0.05) is 24.0 Å². The van der Waals surface area contributed by atoms with Crippen LogP contribution in [-0.4, -0.2) is 27.6 Å². The second-order valence-corrected chi connectivity index (χ2v) is 5.81. The number of aromatic nitrogens is 2. The van der Waals surface area contributed by atoms with Gasteiger partial charge in [0.25, 0.3) is 0 Å². The molecule has 1 unspecified atom stereocenters. The number of nitrogens with zero attached hydrogens (tertiary/aromatic N) is 2. The highest BCUT2D eigenvalue weighted by Crippen LogP contribution is 2.35. The molecule has 0 amide bonds. The van der Waals surface area contributed by atoms with Crippen LogP contribution in [0.15, 0.2) is 12.5 Å². The molecule has 2 rings (SSSR count). The zero-order chi connectivity index (χ0) is 11.4. The third-order valence-electron chi connectivity index (χ3n) is 3.12. The van der Waals surface area contributed by atoms with Crippen molar-refractivity contribution in [1.82, 2.24) is 14.9 Å². The summed E-state index contributed by atoms with van der Waals surface area (Å²) < 4.78 is 2.32. The molecule has 1 aliphatic rings. The van der Waals surface area contributed by atoms with E-state index >= 15 is 0 Å². The van der Waals surface area contributed by atoms with E-state index in [0.29, 0.717) is 0 Å². The fourth-order valence-corrected chi connectivity index (χ4v) is 2.14. The van der Waals surface area contributed by atoms with Gasteiger partial charge in [-0.25, -0.2) is 4.98 Å². The van der Waals surface area contributed by atoms with E-state index in [1.54, 1.807) is 0 Å². The molecule has 90 valence electrons. The molecule has 0 aliphatic heterocycles. The zero-order valence-corrected chi connectivity index (χ0v) is 11.0. The van der Waals surface area contributed by atoms with Crippen LogP contribution in [-0.2, 0) is 6.54 Å². The number of nitrogens with one attached hydrogen (secondary N) is 1. The Morgan fingerprint density at radius 2 is 2.44 bits per heavy atom. The Morgan fingerprint density at radius 1 is 1.62 bits per heavy atom. The van der Waals surface area contributed by atoms with Crippen LogP contribution in [0.25, 0.3) is 0 Å². The lowest BCUT2D eigenvalue weighted by molar-refractivity contribution is 0.603. The Bertz CT molecular complexity index is 320. The Balaban J connectivity index is 1.70. The van der Waals surface area contributed by atoms with Gasteiger partial charge in [0.1, 0.15) is 0 Å². The highest BCUT2D eigenvalue weighted by Gasteiger charge is 2.24. The minimum atomic E-state index is 0.740. The molecule has 0 spiro atoms. The number of imidazole rings is 1. The van der Waals surface area contributed by atoms with Gasteiger partial charge in [-0.15, -0.1) is 0 Å². The van der Waals surface area contributed by atoms with Gasteiger partial charge in [-0.1, -0.05) is 6.92 Å². The number of rotatable bonds is 7. The third-order valence-corrected chi connectivity index (χ3v) is 4.16. The molecule has 0 bridgehead atoms. The van der Waals surface area contributed by atoms with Crippen molar-refractivity contribution < 1.29 is 0 Å². The summed E-state index contributed by atoms with van der Waals surface area (Å²) in [6.07, 6.45) is 10.0. The summed E-state index contributed by atoms with van der Waals surface area (Å²) in [5.41, 5.74) is 1.33. The molecule has 1 heterocycles. The van der Waals surface area contributed by atoms with Crippen LogP contribution in [0.2, 0.25) is 0 Å². The Hall–Kier alpha value is -0.480. The van der Waals surface area contributed by atoms with Crippen LogP contribution < -0.4 is 5.32 Å². The van der Waals surface area contributed by atoms with Crippen molar-refractivity contribution in [3.8, 4) is 0 Å². The van der Waals surface area contributed by atoms with E-state index in [2.05, 4.69) is 28.0 Å². The lowest BCUT2D eigenvalue weighted by Gasteiger charge is -2.10. The molecule has 1 N–H and O–H groups in total. The summed E-state index contributed by atoms with van der Waals surface area (Å²) in [6, 6.07) is 0.740. The van der Waals surface area contributed by atoms with Crippen molar-refractivity contribution in [2.24, 2.45) is 0 Å². The van der Waals surface area contributed by atoms with Gasteiger partial charge < -0.3 is 9.88 Å². The van der Waals surface area contributed by atoms with Crippen molar-refractivity contribution in [1.29, 1.82) is 0 Å². The SMILES string of the molecule is CSC(C)CCNCc1cncn1C1CC1. The average molecular weight is 239 g/mol. The van der Waals surface area contributed by atoms with Gasteiger partial charge >= 0.3 is 0 Å². The molecule has 1 aliphatic carbocycles. The highest BCUT2D eigenvalue weighted by molar-refractivity contribution is 7.99. The van der Waals surface area contributed by atoms with Crippen molar-refractivity contribution in [3.63, 3.8) is 0 Å². The van der Waals surface area contributed by atoms with E-state index in [1.807, 2.05) is 24.3 Å². The number of hydrogen-bond acceptors (Lipinski definition) is 3. The monoisotopic (exact) mass is 239 g/mol. The van der Waals surface area contributed by atoms with Crippen LogP contribution in [0.1, 0.15) is 37.9 Å². The lowest BCUT2D eigenvalue weighted by Crippen LogP contribution is -2.19. The summed E-state index contributed by atoms with van der Waals surface area (Å²) in [6.45, 7) is 4.33. The third kappa shape index (κ3) is 3.25. The van der Waals surface area contributed by atoms with Crippen molar-refractivity contribution in [2.75, 3.05) is 12.8 Å². The van der Waals surface area contributed by atoms with E-state index in [0.717, 1.165) is 24.4 Å². The van der Waals surface area contributed by atoms with E-state index in [4.69, 9.17) is 0 Å². The second kappa shape index (κ2) is 5.73. The number of hydrogen-bond donors (Lipinski definition) is 1. The van der Waals surface area contributed by atoms with E-state index < -0.39 is 0 Å². The predicted molar refractivity (Wildman–Crippen MR) is 69.8 cm³/mol. The minimum absolute atomic E-state index is 0.740. The second-order valence-electron chi connectivity index (χ2n) is 4.54. The van der Waals surface area contributed by atoms with Gasteiger partial charge in [-0.3, -0.25) is 0 Å². The predicted octanol–water partition coefficient (Wildman–Crippen LogP) is 2.45. The molecule has 1 atom stereocenters. The molecule has 4 heteroatoms. The van der Waals surface area contributed by atoms with Crippen LogP contribution in [0.4, 0.5) is 0 Å². The van der Waals surface area contributed by atoms with Crippen molar-refractivity contribution in [2.45, 2.75) is 44.0 Å². The van der Waals surface area contributed by atoms with Crippen molar-refractivity contribution in [3.05, 3.63) is 18.2 Å². The molecule has 1 saturated carbocycles. The van der Waals surface area contributed by atoms with Gasteiger partial charge in [0.05, 0.1) is 12.0 Å². The summed E-state index contributed by atoms with van der Waals surface area (Å²) in [5.74, 6) is 0. The Kier molecular flexibility index (Phi) is 4.29. The maximum Gasteiger partial charge on any atom is 0.0951 e. The van der Waals surface area contributed by atoms with Crippen LogP contribution in [0.3, 0.4) is 0 Å². The summed E-state index contributed by atoms with van der Waals surface area (Å²) in [7, 11) is 0. The first kappa shape index (κ1) is 12.0. The smallest absolute Gasteiger partial charge is 0.0951 e. The minimum Gasteiger partial charge on any atom is -0.330 e. The molecule has 1 fully saturated rings.